The van der Waals surface area contributed by atoms with Crippen LogP contribution in [-0.4, -0.2) is 24.5 Å². The van der Waals surface area contributed by atoms with Crippen molar-refractivity contribution in [3.8, 4) is 11.8 Å². The van der Waals surface area contributed by atoms with Crippen LogP contribution in [0.3, 0.4) is 0 Å². The van der Waals surface area contributed by atoms with Gasteiger partial charge < -0.3 is 10.6 Å². The standard InChI is InChI=1S/C23H28N2/c1-19-8-10-21(11-9-19)17-22-12-15-25(16-13-22)14-3-2-5-20-6-4-7-23(24)18-20/h4,6-11,18,22H,3,12-17,24H2,1H3. The third-order valence-corrected chi connectivity index (χ3v) is 5.02. The highest BCUT2D eigenvalue weighted by atomic mass is 15.1. The van der Waals surface area contributed by atoms with Crippen molar-refractivity contribution in [1.29, 1.82) is 0 Å². The number of likely N-dealkylation sites (tertiary alicyclic amines) is 1. The topological polar surface area (TPSA) is 29.3 Å². The summed E-state index contributed by atoms with van der Waals surface area (Å²) in [5.41, 5.74) is 10.4. The SMILES string of the molecule is Cc1ccc(CC2CCN(CCC#Cc3cccc(N)c3)CC2)cc1. The van der Waals surface area contributed by atoms with Crippen LogP contribution in [-0.2, 0) is 6.42 Å². The first kappa shape index (κ1) is 17.6. The molecule has 0 bridgehead atoms. The van der Waals surface area contributed by atoms with Crippen molar-refractivity contribution in [2.75, 3.05) is 25.4 Å². The van der Waals surface area contributed by atoms with Gasteiger partial charge in [-0.15, -0.1) is 0 Å². The number of piperidine rings is 1. The van der Waals surface area contributed by atoms with Crippen LogP contribution in [0.15, 0.2) is 48.5 Å². The molecule has 2 aromatic rings. The van der Waals surface area contributed by atoms with Gasteiger partial charge in [0.25, 0.3) is 0 Å². The summed E-state index contributed by atoms with van der Waals surface area (Å²) in [5, 5.41) is 0. The Kier molecular flexibility index (Phi) is 6.14. The highest BCUT2D eigenvalue weighted by Crippen LogP contribution is 2.22. The normalized spacial score (nSPS) is 15.6. The van der Waals surface area contributed by atoms with Crippen molar-refractivity contribution < 1.29 is 0 Å². The lowest BCUT2D eigenvalue weighted by molar-refractivity contribution is 0.187. The van der Waals surface area contributed by atoms with Gasteiger partial charge in [0.05, 0.1) is 0 Å². The van der Waals surface area contributed by atoms with Crippen molar-refractivity contribution in [2.24, 2.45) is 5.92 Å². The van der Waals surface area contributed by atoms with E-state index < -0.39 is 0 Å². The van der Waals surface area contributed by atoms with Crippen LogP contribution in [0.1, 0.15) is 36.0 Å². The molecule has 0 aromatic heterocycles. The van der Waals surface area contributed by atoms with Gasteiger partial charge in [0.2, 0.25) is 0 Å². The molecule has 2 heteroatoms. The van der Waals surface area contributed by atoms with Crippen LogP contribution < -0.4 is 5.73 Å². The molecule has 2 nitrogen and oxygen atoms in total. The van der Waals surface area contributed by atoms with Crippen molar-refractivity contribution >= 4 is 5.69 Å². The maximum Gasteiger partial charge on any atom is 0.0326 e. The van der Waals surface area contributed by atoms with Crippen molar-refractivity contribution in [3.05, 3.63) is 65.2 Å². The third kappa shape index (κ3) is 5.66. The zero-order valence-electron chi connectivity index (χ0n) is 15.2. The number of aryl methyl sites for hydroxylation is 1. The van der Waals surface area contributed by atoms with Crippen LogP contribution >= 0.6 is 0 Å². The molecule has 0 amide bonds. The molecule has 2 aromatic carbocycles. The summed E-state index contributed by atoms with van der Waals surface area (Å²) in [6.45, 7) is 5.64. The Balaban J connectivity index is 1.39. The molecule has 0 radical (unpaired) electrons. The summed E-state index contributed by atoms with van der Waals surface area (Å²) in [6, 6.07) is 16.8. The van der Waals surface area contributed by atoms with Crippen LogP contribution in [0.25, 0.3) is 0 Å². The van der Waals surface area contributed by atoms with E-state index in [1.165, 1.54) is 43.5 Å². The number of hydrogen-bond donors (Lipinski definition) is 1. The molecule has 130 valence electrons. The largest absolute Gasteiger partial charge is 0.399 e. The fourth-order valence-electron chi connectivity index (χ4n) is 3.47. The molecule has 0 spiro atoms. The zero-order valence-corrected chi connectivity index (χ0v) is 15.2. The van der Waals surface area contributed by atoms with E-state index in [1.54, 1.807) is 0 Å². The van der Waals surface area contributed by atoms with E-state index in [2.05, 4.69) is 47.9 Å². The Hall–Kier alpha value is -2.24. The Labute approximate surface area is 152 Å². The van der Waals surface area contributed by atoms with E-state index in [0.29, 0.717) is 0 Å². The molecule has 1 aliphatic rings. The van der Waals surface area contributed by atoms with Gasteiger partial charge in [-0.25, -0.2) is 0 Å². The van der Waals surface area contributed by atoms with Crippen LogP contribution in [0.2, 0.25) is 0 Å². The fourth-order valence-corrected chi connectivity index (χ4v) is 3.47. The molecule has 1 fully saturated rings. The smallest absolute Gasteiger partial charge is 0.0326 e. The van der Waals surface area contributed by atoms with Crippen molar-refractivity contribution in [3.63, 3.8) is 0 Å². The first-order valence-electron chi connectivity index (χ1n) is 9.31. The third-order valence-electron chi connectivity index (χ3n) is 5.02. The van der Waals surface area contributed by atoms with Gasteiger partial charge in [0.15, 0.2) is 0 Å². The molecular formula is C23H28N2. The van der Waals surface area contributed by atoms with Gasteiger partial charge in [-0.1, -0.05) is 47.7 Å². The summed E-state index contributed by atoms with van der Waals surface area (Å²) < 4.78 is 0. The second-order valence-corrected chi connectivity index (χ2v) is 7.15. The molecular weight excluding hydrogens is 304 g/mol. The Bertz CT molecular complexity index is 729. The monoisotopic (exact) mass is 332 g/mol. The van der Waals surface area contributed by atoms with Gasteiger partial charge in [-0.05, 0) is 69.0 Å². The van der Waals surface area contributed by atoms with E-state index in [4.69, 9.17) is 5.73 Å². The summed E-state index contributed by atoms with van der Waals surface area (Å²) in [6.07, 6.45) is 4.76. The minimum absolute atomic E-state index is 0.780. The number of nitrogens with two attached hydrogens (primary N) is 1. The van der Waals surface area contributed by atoms with E-state index in [0.717, 1.165) is 30.1 Å². The van der Waals surface area contributed by atoms with Crippen molar-refractivity contribution in [1.82, 2.24) is 4.90 Å². The molecule has 1 heterocycles. The van der Waals surface area contributed by atoms with Gasteiger partial charge >= 0.3 is 0 Å². The predicted molar refractivity (Wildman–Crippen MR) is 106 cm³/mol. The number of benzene rings is 2. The summed E-state index contributed by atoms with van der Waals surface area (Å²) in [7, 11) is 0. The maximum atomic E-state index is 5.78. The lowest BCUT2D eigenvalue weighted by Crippen LogP contribution is -2.34. The number of hydrogen-bond acceptors (Lipinski definition) is 2. The van der Waals surface area contributed by atoms with Crippen molar-refractivity contribution in [2.45, 2.75) is 32.6 Å². The fraction of sp³-hybridized carbons (Fsp3) is 0.391. The van der Waals surface area contributed by atoms with Crippen LogP contribution in [0, 0.1) is 24.7 Å². The van der Waals surface area contributed by atoms with Gasteiger partial charge in [0, 0.05) is 24.2 Å². The Morgan fingerprint density at radius 1 is 1.08 bits per heavy atom. The van der Waals surface area contributed by atoms with E-state index in [1.807, 2.05) is 24.3 Å². The molecule has 0 unspecified atom stereocenters. The van der Waals surface area contributed by atoms with Crippen LogP contribution in [0.4, 0.5) is 5.69 Å². The van der Waals surface area contributed by atoms with Gasteiger partial charge in [0.1, 0.15) is 0 Å². The number of anilines is 1. The second kappa shape index (κ2) is 8.74. The molecule has 0 saturated carbocycles. The molecule has 25 heavy (non-hydrogen) atoms. The summed E-state index contributed by atoms with van der Waals surface area (Å²) in [4.78, 5) is 2.56. The molecule has 0 atom stereocenters. The number of nitrogens with zero attached hydrogens (tertiary/aromatic N) is 1. The maximum absolute atomic E-state index is 5.78. The van der Waals surface area contributed by atoms with Gasteiger partial charge in [-0.2, -0.15) is 0 Å². The molecule has 1 saturated heterocycles. The zero-order chi connectivity index (χ0) is 17.5. The minimum Gasteiger partial charge on any atom is -0.399 e. The number of nitrogen functional groups attached to an aromatic ring is 1. The summed E-state index contributed by atoms with van der Waals surface area (Å²) >= 11 is 0. The van der Waals surface area contributed by atoms with E-state index in [-0.39, 0.29) is 0 Å². The summed E-state index contributed by atoms with van der Waals surface area (Å²) in [5.74, 6) is 7.33. The first-order valence-corrected chi connectivity index (χ1v) is 9.31. The number of rotatable bonds is 4. The first-order chi connectivity index (χ1) is 12.2. The highest BCUT2D eigenvalue weighted by molar-refractivity contribution is 5.46. The second-order valence-electron chi connectivity index (χ2n) is 7.15. The van der Waals surface area contributed by atoms with E-state index in [9.17, 15) is 0 Å². The highest BCUT2D eigenvalue weighted by Gasteiger charge is 2.18. The average molecular weight is 332 g/mol. The predicted octanol–water partition coefficient (Wildman–Crippen LogP) is 4.27. The molecule has 3 rings (SSSR count). The Morgan fingerprint density at radius 3 is 2.56 bits per heavy atom. The molecule has 0 aliphatic carbocycles. The molecule has 1 aliphatic heterocycles. The lowest BCUT2D eigenvalue weighted by atomic mass is 9.90. The minimum atomic E-state index is 0.780. The Morgan fingerprint density at radius 2 is 1.84 bits per heavy atom. The van der Waals surface area contributed by atoms with E-state index >= 15 is 0 Å². The van der Waals surface area contributed by atoms with Gasteiger partial charge in [-0.3, -0.25) is 0 Å². The average Bonchev–Trinajstić information content (AvgIpc) is 2.62. The lowest BCUT2D eigenvalue weighted by Gasteiger charge is -2.31. The quantitative estimate of drug-likeness (QED) is 0.669. The van der Waals surface area contributed by atoms with Crippen LogP contribution in [0.5, 0.6) is 0 Å². The molecule has 2 N–H and O–H groups in total.